The molecule has 2 heterocycles. The fourth-order valence-electron chi connectivity index (χ4n) is 2.50. The third-order valence-corrected chi connectivity index (χ3v) is 3.79. The van der Waals surface area contributed by atoms with Gasteiger partial charge in [-0.15, -0.1) is 0 Å². The zero-order valence-electron chi connectivity index (χ0n) is 13.6. The van der Waals surface area contributed by atoms with E-state index in [4.69, 9.17) is 5.11 Å². The van der Waals surface area contributed by atoms with Crippen molar-refractivity contribution in [3.05, 3.63) is 83.3 Å². The van der Waals surface area contributed by atoms with Crippen LogP contribution in [0.25, 0.3) is 11.3 Å². The summed E-state index contributed by atoms with van der Waals surface area (Å²) in [7, 11) is 0. The van der Waals surface area contributed by atoms with Crippen LogP contribution in [0.15, 0.2) is 60.8 Å². The molecule has 0 aliphatic carbocycles. The topological polar surface area (TPSA) is 80.2 Å². The van der Waals surface area contributed by atoms with Crippen molar-refractivity contribution >= 4 is 11.8 Å². The molecule has 0 amide bonds. The number of rotatable bonds is 5. The fraction of sp³-hybridized carbons (Fsp3) is 0.100. The van der Waals surface area contributed by atoms with Gasteiger partial charge < -0.3 is 5.11 Å². The van der Waals surface area contributed by atoms with Gasteiger partial charge in [0, 0.05) is 23.9 Å². The number of carboxylic acids is 1. The molecule has 0 fully saturated rings. The van der Waals surface area contributed by atoms with E-state index in [9.17, 15) is 9.59 Å². The van der Waals surface area contributed by atoms with E-state index in [1.165, 1.54) is 12.1 Å². The Morgan fingerprint density at radius 1 is 1.04 bits per heavy atom. The first-order valence-corrected chi connectivity index (χ1v) is 7.78. The Balaban J connectivity index is 1.81. The molecule has 0 spiro atoms. The van der Waals surface area contributed by atoms with Gasteiger partial charge in [0.05, 0.1) is 11.3 Å². The molecular formula is C20H16N2O3. The second kappa shape index (κ2) is 7.05. The van der Waals surface area contributed by atoms with Crippen LogP contribution in [0.2, 0.25) is 0 Å². The molecule has 2 aromatic heterocycles. The molecule has 0 bridgehead atoms. The van der Waals surface area contributed by atoms with Crippen LogP contribution < -0.4 is 0 Å². The van der Waals surface area contributed by atoms with Crippen LogP contribution in [-0.2, 0) is 6.42 Å². The van der Waals surface area contributed by atoms with Gasteiger partial charge in [-0.3, -0.25) is 14.8 Å². The van der Waals surface area contributed by atoms with Gasteiger partial charge in [0.15, 0.2) is 5.78 Å². The van der Waals surface area contributed by atoms with Crippen LogP contribution in [0.1, 0.15) is 32.1 Å². The molecule has 0 aliphatic rings. The molecular weight excluding hydrogens is 316 g/mol. The van der Waals surface area contributed by atoms with Crippen LogP contribution in [0.3, 0.4) is 0 Å². The Bertz CT molecular complexity index is 934. The number of pyridine rings is 2. The second-order valence-corrected chi connectivity index (χ2v) is 5.70. The fourth-order valence-corrected chi connectivity index (χ4v) is 2.50. The van der Waals surface area contributed by atoms with Crippen molar-refractivity contribution in [2.45, 2.75) is 13.3 Å². The Hall–Kier alpha value is -3.34. The molecule has 0 aliphatic heterocycles. The van der Waals surface area contributed by atoms with Crippen molar-refractivity contribution in [2.24, 2.45) is 0 Å². The molecule has 124 valence electrons. The highest BCUT2D eigenvalue weighted by Gasteiger charge is 2.10. The number of nitrogens with zero attached hydrogens (tertiary/aromatic N) is 2. The highest BCUT2D eigenvalue weighted by Crippen LogP contribution is 2.19. The third-order valence-electron chi connectivity index (χ3n) is 3.79. The number of carbonyl (C=O) groups is 2. The van der Waals surface area contributed by atoms with Crippen molar-refractivity contribution in [1.29, 1.82) is 0 Å². The van der Waals surface area contributed by atoms with Crippen molar-refractivity contribution < 1.29 is 14.7 Å². The zero-order valence-corrected chi connectivity index (χ0v) is 13.6. The molecule has 0 atom stereocenters. The van der Waals surface area contributed by atoms with Crippen molar-refractivity contribution in [3.63, 3.8) is 0 Å². The molecule has 0 radical (unpaired) electrons. The maximum absolute atomic E-state index is 12.4. The average Bonchev–Trinajstić information content (AvgIpc) is 2.62. The molecule has 5 heteroatoms. The van der Waals surface area contributed by atoms with Crippen LogP contribution in [0.4, 0.5) is 0 Å². The minimum absolute atomic E-state index is 0.0536. The lowest BCUT2D eigenvalue weighted by Gasteiger charge is -2.05. The number of aromatic nitrogens is 2. The summed E-state index contributed by atoms with van der Waals surface area (Å²) >= 11 is 0. The first-order valence-electron chi connectivity index (χ1n) is 7.78. The smallest absolute Gasteiger partial charge is 0.335 e. The van der Waals surface area contributed by atoms with Crippen molar-refractivity contribution in [3.8, 4) is 11.3 Å². The SMILES string of the molecule is Cc1cccc(C(=O)Cc2ccnc(-c3ccc(C(=O)O)cc3)c2)n1. The summed E-state index contributed by atoms with van der Waals surface area (Å²) in [6.45, 7) is 1.85. The number of aryl methyl sites for hydroxylation is 1. The summed E-state index contributed by atoms with van der Waals surface area (Å²) < 4.78 is 0. The van der Waals surface area contributed by atoms with Gasteiger partial charge in [0.2, 0.25) is 0 Å². The summed E-state index contributed by atoms with van der Waals surface area (Å²) in [5.74, 6) is -1.02. The predicted molar refractivity (Wildman–Crippen MR) is 93.6 cm³/mol. The van der Waals surface area contributed by atoms with E-state index in [0.717, 1.165) is 16.8 Å². The molecule has 5 nitrogen and oxygen atoms in total. The minimum atomic E-state index is -0.968. The van der Waals surface area contributed by atoms with E-state index < -0.39 is 5.97 Å². The number of hydrogen-bond acceptors (Lipinski definition) is 4. The first kappa shape index (κ1) is 16.5. The Kier molecular flexibility index (Phi) is 4.66. The summed E-state index contributed by atoms with van der Waals surface area (Å²) in [4.78, 5) is 31.9. The monoisotopic (exact) mass is 332 g/mol. The summed E-state index contributed by atoms with van der Waals surface area (Å²) in [6.07, 6.45) is 1.88. The van der Waals surface area contributed by atoms with E-state index in [1.807, 2.05) is 25.1 Å². The van der Waals surface area contributed by atoms with E-state index in [2.05, 4.69) is 9.97 Å². The van der Waals surface area contributed by atoms with Gasteiger partial charge in [0.1, 0.15) is 5.69 Å². The largest absolute Gasteiger partial charge is 0.478 e. The number of benzene rings is 1. The number of ketones is 1. The molecule has 25 heavy (non-hydrogen) atoms. The Morgan fingerprint density at radius 3 is 2.48 bits per heavy atom. The minimum Gasteiger partial charge on any atom is -0.478 e. The van der Waals surface area contributed by atoms with Gasteiger partial charge in [-0.2, -0.15) is 0 Å². The normalized spacial score (nSPS) is 10.4. The second-order valence-electron chi connectivity index (χ2n) is 5.70. The van der Waals surface area contributed by atoms with Crippen LogP contribution in [0.5, 0.6) is 0 Å². The molecule has 1 N–H and O–H groups in total. The van der Waals surface area contributed by atoms with Gasteiger partial charge in [0.25, 0.3) is 0 Å². The lowest BCUT2D eigenvalue weighted by Crippen LogP contribution is -2.06. The first-order chi connectivity index (χ1) is 12.0. The molecule has 0 unspecified atom stereocenters. The number of carbonyl (C=O) groups excluding carboxylic acids is 1. The number of hydrogen-bond donors (Lipinski definition) is 1. The lowest BCUT2D eigenvalue weighted by atomic mass is 10.0. The average molecular weight is 332 g/mol. The van der Waals surface area contributed by atoms with Crippen LogP contribution >= 0.6 is 0 Å². The number of Topliss-reactive ketones (excluding diaryl/α,β-unsaturated/α-hetero) is 1. The number of aromatic carboxylic acids is 1. The number of carboxylic acid groups (broad SMARTS) is 1. The maximum Gasteiger partial charge on any atom is 0.335 e. The van der Waals surface area contributed by atoms with Gasteiger partial charge >= 0.3 is 5.97 Å². The molecule has 0 saturated carbocycles. The molecule has 3 aromatic rings. The lowest BCUT2D eigenvalue weighted by molar-refractivity contribution is 0.0696. The Labute approximate surface area is 145 Å². The van der Waals surface area contributed by atoms with Gasteiger partial charge in [-0.25, -0.2) is 4.79 Å². The molecule has 0 saturated heterocycles. The van der Waals surface area contributed by atoms with E-state index in [0.29, 0.717) is 11.4 Å². The van der Waals surface area contributed by atoms with Gasteiger partial charge in [-0.1, -0.05) is 18.2 Å². The van der Waals surface area contributed by atoms with Crippen LogP contribution in [0, 0.1) is 6.92 Å². The Morgan fingerprint density at radius 2 is 1.80 bits per heavy atom. The van der Waals surface area contributed by atoms with Gasteiger partial charge in [-0.05, 0) is 48.9 Å². The van der Waals surface area contributed by atoms with Crippen LogP contribution in [-0.4, -0.2) is 26.8 Å². The zero-order chi connectivity index (χ0) is 17.8. The standard InChI is InChI=1S/C20H16N2O3/c1-13-3-2-4-17(22-13)19(23)12-14-9-10-21-18(11-14)15-5-7-16(8-6-15)20(24)25/h2-11H,12H2,1H3,(H,24,25). The van der Waals surface area contributed by atoms with E-state index in [-0.39, 0.29) is 17.8 Å². The molecule has 1 aromatic carbocycles. The predicted octanol–water partition coefficient (Wildman–Crippen LogP) is 3.58. The van der Waals surface area contributed by atoms with Crippen molar-refractivity contribution in [2.75, 3.05) is 0 Å². The quantitative estimate of drug-likeness (QED) is 0.722. The van der Waals surface area contributed by atoms with Crippen molar-refractivity contribution in [1.82, 2.24) is 9.97 Å². The van der Waals surface area contributed by atoms with E-state index >= 15 is 0 Å². The summed E-state index contributed by atoms with van der Waals surface area (Å²) in [5, 5.41) is 8.96. The summed E-state index contributed by atoms with van der Waals surface area (Å²) in [6, 6.07) is 15.5. The third kappa shape index (κ3) is 3.95. The summed E-state index contributed by atoms with van der Waals surface area (Å²) in [5.41, 5.74) is 3.80. The highest BCUT2D eigenvalue weighted by atomic mass is 16.4. The highest BCUT2D eigenvalue weighted by molar-refractivity contribution is 5.95. The van der Waals surface area contributed by atoms with E-state index in [1.54, 1.807) is 30.5 Å². The molecule has 3 rings (SSSR count). The maximum atomic E-state index is 12.4.